The summed E-state index contributed by atoms with van der Waals surface area (Å²) in [4.78, 5) is 7.26. The van der Waals surface area contributed by atoms with E-state index in [4.69, 9.17) is 0 Å². The van der Waals surface area contributed by atoms with Crippen molar-refractivity contribution in [1.82, 2.24) is 4.98 Å². The van der Waals surface area contributed by atoms with E-state index in [1.807, 2.05) is 0 Å². The van der Waals surface area contributed by atoms with E-state index >= 15 is 0 Å². The lowest BCUT2D eigenvalue weighted by Crippen LogP contribution is -2.36. The van der Waals surface area contributed by atoms with Gasteiger partial charge in [0.2, 0.25) is 0 Å². The van der Waals surface area contributed by atoms with Gasteiger partial charge in [-0.3, -0.25) is 4.98 Å². The number of hydrogen-bond acceptors (Lipinski definition) is 2. The van der Waals surface area contributed by atoms with Crippen molar-refractivity contribution in [2.45, 2.75) is 38.6 Å². The molecule has 0 spiro atoms. The maximum Gasteiger partial charge on any atom is 0.0726 e. The zero-order chi connectivity index (χ0) is 13.9. The molecule has 1 fully saturated rings. The Balaban J connectivity index is 2.11. The summed E-state index contributed by atoms with van der Waals surface area (Å²) in [6.45, 7) is 3.25. The molecule has 0 bridgehead atoms. The van der Waals surface area contributed by atoms with E-state index in [1.165, 1.54) is 36.8 Å². The average molecular weight is 333 g/mol. The summed E-state index contributed by atoms with van der Waals surface area (Å²) in [6, 6.07) is 11.4. The molecule has 1 saturated heterocycles. The predicted octanol–water partition coefficient (Wildman–Crippen LogP) is 4.69. The van der Waals surface area contributed by atoms with Crippen LogP contribution in [-0.4, -0.2) is 22.9 Å². The maximum absolute atomic E-state index is 4.67. The molecule has 0 saturated carbocycles. The lowest BCUT2D eigenvalue weighted by Gasteiger charge is -2.32. The number of alkyl halides is 1. The number of pyridine rings is 1. The Hall–Kier alpha value is -1.09. The van der Waals surface area contributed by atoms with Gasteiger partial charge in [0.05, 0.1) is 5.52 Å². The molecule has 1 aromatic heterocycles. The highest BCUT2D eigenvalue weighted by atomic mass is 79.9. The standard InChI is InChI=1S/C17H21BrN2/c1-13-11-17(15-8-4-5-9-16(15)19-13)20-10-6-2-3-7-14(20)12-18/h4-5,8-9,11,14H,2-3,6-7,10,12H2,1H3. The molecule has 0 radical (unpaired) electrons. The van der Waals surface area contributed by atoms with Crippen molar-refractivity contribution >= 4 is 32.5 Å². The molecule has 2 nitrogen and oxygen atoms in total. The zero-order valence-corrected chi connectivity index (χ0v) is 13.6. The number of rotatable bonds is 2. The van der Waals surface area contributed by atoms with Crippen molar-refractivity contribution in [2.24, 2.45) is 0 Å². The van der Waals surface area contributed by atoms with Gasteiger partial charge in [0.1, 0.15) is 0 Å². The molecule has 1 unspecified atom stereocenters. The molecule has 3 heteroatoms. The Bertz CT molecular complexity index is 597. The monoisotopic (exact) mass is 332 g/mol. The topological polar surface area (TPSA) is 16.1 Å². The largest absolute Gasteiger partial charge is 0.367 e. The van der Waals surface area contributed by atoms with E-state index in [1.54, 1.807) is 0 Å². The average Bonchev–Trinajstić information content (AvgIpc) is 2.71. The lowest BCUT2D eigenvalue weighted by molar-refractivity contribution is 0.627. The van der Waals surface area contributed by atoms with Gasteiger partial charge in [-0.1, -0.05) is 47.0 Å². The second-order valence-corrected chi connectivity index (χ2v) is 6.30. The lowest BCUT2D eigenvalue weighted by atomic mass is 10.1. The Morgan fingerprint density at radius 2 is 2.10 bits per heavy atom. The van der Waals surface area contributed by atoms with Gasteiger partial charge >= 0.3 is 0 Å². The summed E-state index contributed by atoms with van der Waals surface area (Å²) in [5.41, 5.74) is 3.58. The van der Waals surface area contributed by atoms with E-state index in [0.717, 1.165) is 23.1 Å². The minimum absolute atomic E-state index is 0.600. The molecular formula is C17H21BrN2. The van der Waals surface area contributed by atoms with E-state index in [2.05, 4.69) is 63.1 Å². The summed E-state index contributed by atoms with van der Waals surface area (Å²) in [6.07, 6.45) is 5.26. The molecule has 0 N–H and O–H groups in total. The van der Waals surface area contributed by atoms with Crippen molar-refractivity contribution in [3.63, 3.8) is 0 Å². The third kappa shape index (κ3) is 2.69. The van der Waals surface area contributed by atoms with E-state index in [0.29, 0.717) is 6.04 Å². The zero-order valence-electron chi connectivity index (χ0n) is 12.0. The van der Waals surface area contributed by atoms with Crippen LogP contribution < -0.4 is 4.90 Å². The highest BCUT2D eigenvalue weighted by molar-refractivity contribution is 9.09. The molecule has 1 aliphatic rings. The van der Waals surface area contributed by atoms with Gasteiger partial charge in [0, 0.05) is 34.7 Å². The minimum atomic E-state index is 0.600. The number of aryl methyl sites for hydroxylation is 1. The summed E-state index contributed by atoms with van der Waals surface area (Å²) >= 11 is 3.71. The maximum atomic E-state index is 4.67. The summed E-state index contributed by atoms with van der Waals surface area (Å²) in [7, 11) is 0. The quantitative estimate of drug-likeness (QED) is 0.742. The number of nitrogens with zero attached hydrogens (tertiary/aromatic N) is 2. The molecule has 1 atom stereocenters. The molecule has 2 aromatic rings. The van der Waals surface area contributed by atoms with Crippen LogP contribution in [0.2, 0.25) is 0 Å². The first-order valence-corrected chi connectivity index (χ1v) is 8.61. The molecule has 0 amide bonds. The van der Waals surface area contributed by atoms with Gasteiger partial charge in [-0.25, -0.2) is 0 Å². The predicted molar refractivity (Wildman–Crippen MR) is 89.9 cm³/mol. The van der Waals surface area contributed by atoms with Crippen LogP contribution in [0.15, 0.2) is 30.3 Å². The highest BCUT2D eigenvalue weighted by Crippen LogP contribution is 2.31. The number of anilines is 1. The molecule has 1 aliphatic heterocycles. The third-order valence-electron chi connectivity index (χ3n) is 4.19. The number of halogens is 1. The molecule has 0 aliphatic carbocycles. The van der Waals surface area contributed by atoms with E-state index in [-0.39, 0.29) is 0 Å². The smallest absolute Gasteiger partial charge is 0.0726 e. The first-order valence-electron chi connectivity index (χ1n) is 7.48. The first-order chi connectivity index (χ1) is 9.79. The number of para-hydroxylation sites is 1. The normalized spacial score (nSPS) is 20.1. The van der Waals surface area contributed by atoms with Gasteiger partial charge in [0.25, 0.3) is 0 Å². The Labute approximate surface area is 129 Å². The highest BCUT2D eigenvalue weighted by Gasteiger charge is 2.22. The fraction of sp³-hybridized carbons (Fsp3) is 0.471. The van der Waals surface area contributed by atoms with Crippen LogP contribution in [0, 0.1) is 6.92 Å². The Kier molecular flexibility index (Phi) is 4.25. The SMILES string of the molecule is Cc1cc(N2CCCCCC2CBr)c2ccccc2n1. The van der Waals surface area contributed by atoms with Gasteiger partial charge in [-0.2, -0.15) is 0 Å². The number of aromatic nitrogens is 1. The van der Waals surface area contributed by atoms with Crippen molar-refractivity contribution in [3.05, 3.63) is 36.0 Å². The number of fused-ring (bicyclic) bond motifs is 1. The van der Waals surface area contributed by atoms with Crippen molar-refractivity contribution in [3.8, 4) is 0 Å². The summed E-state index contributed by atoms with van der Waals surface area (Å²) < 4.78 is 0. The molecule has 3 rings (SSSR count). The van der Waals surface area contributed by atoms with Gasteiger partial charge < -0.3 is 4.90 Å². The van der Waals surface area contributed by atoms with Crippen molar-refractivity contribution in [2.75, 3.05) is 16.8 Å². The second kappa shape index (κ2) is 6.13. The Morgan fingerprint density at radius 1 is 1.25 bits per heavy atom. The van der Waals surface area contributed by atoms with Gasteiger partial charge in [-0.15, -0.1) is 0 Å². The van der Waals surface area contributed by atoms with Crippen LogP contribution in [0.1, 0.15) is 31.4 Å². The fourth-order valence-corrected chi connectivity index (χ4v) is 3.85. The van der Waals surface area contributed by atoms with Crippen LogP contribution in [-0.2, 0) is 0 Å². The van der Waals surface area contributed by atoms with Gasteiger partial charge in [0.15, 0.2) is 0 Å². The van der Waals surface area contributed by atoms with Crippen molar-refractivity contribution < 1.29 is 0 Å². The van der Waals surface area contributed by atoms with Crippen LogP contribution in [0.4, 0.5) is 5.69 Å². The molecule has 106 valence electrons. The molecule has 2 heterocycles. The summed E-state index contributed by atoms with van der Waals surface area (Å²) in [5, 5.41) is 2.33. The molecule has 1 aromatic carbocycles. The van der Waals surface area contributed by atoms with Crippen LogP contribution in [0.25, 0.3) is 10.9 Å². The third-order valence-corrected chi connectivity index (χ3v) is 4.93. The molecular weight excluding hydrogens is 312 g/mol. The first kappa shape index (κ1) is 13.9. The Morgan fingerprint density at radius 3 is 2.95 bits per heavy atom. The van der Waals surface area contributed by atoms with Crippen LogP contribution in [0.5, 0.6) is 0 Å². The molecule has 20 heavy (non-hydrogen) atoms. The van der Waals surface area contributed by atoms with E-state index < -0.39 is 0 Å². The number of benzene rings is 1. The second-order valence-electron chi connectivity index (χ2n) is 5.65. The van der Waals surface area contributed by atoms with Crippen LogP contribution in [0.3, 0.4) is 0 Å². The van der Waals surface area contributed by atoms with Crippen molar-refractivity contribution in [1.29, 1.82) is 0 Å². The van der Waals surface area contributed by atoms with E-state index in [9.17, 15) is 0 Å². The number of hydrogen-bond donors (Lipinski definition) is 0. The summed E-state index contributed by atoms with van der Waals surface area (Å²) in [5.74, 6) is 0. The van der Waals surface area contributed by atoms with Gasteiger partial charge in [-0.05, 0) is 31.9 Å². The fourth-order valence-electron chi connectivity index (χ4n) is 3.18. The minimum Gasteiger partial charge on any atom is -0.367 e. The van der Waals surface area contributed by atoms with Crippen LogP contribution >= 0.6 is 15.9 Å².